The zero-order valence-corrected chi connectivity index (χ0v) is 22.2. The van der Waals surface area contributed by atoms with Gasteiger partial charge in [-0.2, -0.15) is 0 Å². The first-order valence-electron chi connectivity index (χ1n) is 12.6. The molecule has 1 amide bonds. The number of nitrogens with zero attached hydrogens (tertiary/aromatic N) is 2. The van der Waals surface area contributed by atoms with Crippen molar-refractivity contribution < 1.29 is 28.2 Å². The highest BCUT2D eigenvalue weighted by molar-refractivity contribution is 7.98. The number of hydrogen-bond donors (Lipinski definition) is 1. The van der Waals surface area contributed by atoms with E-state index in [1.165, 1.54) is 33.0 Å². The maximum absolute atomic E-state index is 13.1. The molecular formula is C28H28FN3O6S. The first-order chi connectivity index (χ1) is 18.9. The van der Waals surface area contributed by atoms with Gasteiger partial charge in [-0.25, -0.2) is 9.18 Å². The van der Waals surface area contributed by atoms with Crippen LogP contribution in [0.15, 0.2) is 64.4 Å². The summed E-state index contributed by atoms with van der Waals surface area (Å²) in [5.74, 6) is 0.298. The molecule has 0 spiro atoms. The molecule has 1 atom stereocenters. The van der Waals surface area contributed by atoms with Crippen LogP contribution in [0.3, 0.4) is 0 Å². The standard InChI is InChI=1S/C14H11FS.C14H17N3O6/c15-13-6-5-10-7-11-3-1-2-4-14(11)16-9-12(10)8-13;1-21-14(20)23-8-22-12-9(18)5-7-17-11(12)13(19)16-6-3-2-4-10(16)15-17/h1-6,8H,7,9H2;5,7,10,15H,2-4,6,8H2,1H3. The molecule has 1 saturated heterocycles. The van der Waals surface area contributed by atoms with Crippen LogP contribution in [0.25, 0.3) is 0 Å². The molecule has 3 aromatic rings. The van der Waals surface area contributed by atoms with Gasteiger partial charge in [-0.1, -0.05) is 24.3 Å². The summed E-state index contributed by atoms with van der Waals surface area (Å²) in [6.07, 6.45) is 4.18. The summed E-state index contributed by atoms with van der Waals surface area (Å²) in [5, 5.41) is 0. The number of ether oxygens (including phenoxy) is 3. The van der Waals surface area contributed by atoms with Crippen molar-refractivity contribution in [2.24, 2.45) is 0 Å². The lowest BCUT2D eigenvalue weighted by molar-refractivity contribution is 0.0133. The average Bonchev–Trinajstić information content (AvgIpc) is 3.14. The van der Waals surface area contributed by atoms with Gasteiger partial charge in [0.25, 0.3) is 5.91 Å². The monoisotopic (exact) mass is 553 g/mol. The third-order valence-electron chi connectivity index (χ3n) is 6.76. The van der Waals surface area contributed by atoms with E-state index >= 15 is 0 Å². The maximum Gasteiger partial charge on any atom is 0.510 e. The minimum atomic E-state index is -0.935. The molecule has 2 aromatic carbocycles. The lowest BCUT2D eigenvalue weighted by atomic mass is 10.0. The van der Waals surface area contributed by atoms with Gasteiger partial charge in [0.1, 0.15) is 12.0 Å². The number of nitrogens with one attached hydrogen (secondary N) is 1. The van der Waals surface area contributed by atoms with Crippen LogP contribution >= 0.6 is 11.8 Å². The smallest absolute Gasteiger partial charge is 0.451 e. The van der Waals surface area contributed by atoms with Crippen molar-refractivity contribution in [2.75, 3.05) is 25.9 Å². The Labute approximate surface area is 228 Å². The van der Waals surface area contributed by atoms with Crippen molar-refractivity contribution in [2.45, 2.75) is 42.5 Å². The minimum Gasteiger partial charge on any atom is -0.451 e. The number of rotatable bonds is 3. The molecule has 4 heterocycles. The molecule has 3 aliphatic rings. The second-order valence-electron chi connectivity index (χ2n) is 9.21. The number of fused-ring (bicyclic) bond motifs is 4. The highest BCUT2D eigenvalue weighted by Gasteiger charge is 2.36. The van der Waals surface area contributed by atoms with E-state index in [1.807, 2.05) is 6.07 Å². The van der Waals surface area contributed by atoms with Crippen molar-refractivity contribution >= 4 is 23.8 Å². The number of hydrogen-bond acceptors (Lipinski definition) is 8. The SMILES string of the molecule is COC(=O)OCOc1c2n(ccc1=O)NC1CCCCN1C2=O.Fc1ccc2c(c1)CSc1ccccc1C2. The van der Waals surface area contributed by atoms with Crippen LogP contribution in [0, 0.1) is 5.82 Å². The summed E-state index contributed by atoms with van der Waals surface area (Å²) < 4.78 is 28.8. The highest BCUT2D eigenvalue weighted by Crippen LogP contribution is 2.33. The van der Waals surface area contributed by atoms with Gasteiger partial charge in [-0.3, -0.25) is 14.3 Å². The molecule has 0 aliphatic carbocycles. The van der Waals surface area contributed by atoms with Crippen LogP contribution in [-0.4, -0.2) is 48.3 Å². The fourth-order valence-corrected chi connectivity index (χ4v) is 5.90. The van der Waals surface area contributed by atoms with Crippen molar-refractivity contribution in [1.82, 2.24) is 9.58 Å². The molecule has 204 valence electrons. The number of piperidine rings is 1. The lowest BCUT2D eigenvalue weighted by Crippen LogP contribution is -2.56. The second kappa shape index (κ2) is 11.8. The van der Waals surface area contributed by atoms with E-state index in [0.717, 1.165) is 44.1 Å². The number of methoxy groups -OCH3 is 1. The minimum absolute atomic E-state index is 0.0922. The molecule has 9 nitrogen and oxygen atoms in total. The molecule has 11 heteroatoms. The van der Waals surface area contributed by atoms with Crippen LogP contribution in [0.4, 0.5) is 9.18 Å². The number of benzene rings is 2. The van der Waals surface area contributed by atoms with E-state index in [1.54, 1.807) is 28.8 Å². The van der Waals surface area contributed by atoms with Gasteiger partial charge in [-0.15, -0.1) is 11.8 Å². The fraction of sp³-hybridized carbons (Fsp3) is 0.321. The van der Waals surface area contributed by atoms with Crippen molar-refractivity contribution in [3.05, 3.63) is 93.2 Å². The number of aromatic nitrogens is 1. The zero-order chi connectivity index (χ0) is 27.4. The molecule has 1 unspecified atom stereocenters. The van der Waals surface area contributed by atoms with Crippen molar-refractivity contribution in [3.8, 4) is 5.75 Å². The van der Waals surface area contributed by atoms with Gasteiger partial charge in [0.15, 0.2) is 5.69 Å². The van der Waals surface area contributed by atoms with Crippen molar-refractivity contribution in [1.29, 1.82) is 0 Å². The molecule has 0 bridgehead atoms. The molecule has 0 radical (unpaired) electrons. The third-order valence-corrected chi connectivity index (χ3v) is 7.93. The van der Waals surface area contributed by atoms with E-state index in [4.69, 9.17) is 4.74 Å². The Kier molecular flexibility index (Phi) is 8.06. The average molecular weight is 554 g/mol. The summed E-state index contributed by atoms with van der Waals surface area (Å²) in [5.41, 5.74) is 6.54. The number of thioether (sulfide) groups is 1. The summed E-state index contributed by atoms with van der Waals surface area (Å²) in [6, 6.07) is 14.8. The first-order valence-corrected chi connectivity index (χ1v) is 13.6. The van der Waals surface area contributed by atoms with Gasteiger partial charge < -0.3 is 24.5 Å². The van der Waals surface area contributed by atoms with Gasteiger partial charge in [0.05, 0.1) is 7.11 Å². The van der Waals surface area contributed by atoms with Gasteiger partial charge >= 0.3 is 6.16 Å². The van der Waals surface area contributed by atoms with Crippen LogP contribution in [-0.2, 0) is 21.6 Å². The molecule has 1 aromatic heterocycles. The number of halogens is 1. The summed E-state index contributed by atoms with van der Waals surface area (Å²) in [4.78, 5) is 38.7. The van der Waals surface area contributed by atoms with E-state index in [9.17, 15) is 18.8 Å². The molecule has 39 heavy (non-hydrogen) atoms. The quantitative estimate of drug-likeness (QED) is 0.374. The van der Waals surface area contributed by atoms with Crippen LogP contribution in [0.1, 0.15) is 46.4 Å². The molecular weight excluding hydrogens is 525 g/mol. The highest BCUT2D eigenvalue weighted by atomic mass is 32.2. The first kappa shape index (κ1) is 26.6. The number of carbonyl (C=O) groups excluding carboxylic acids is 2. The summed E-state index contributed by atoms with van der Waals surface area (Å²) in [6.45, 7) is 0.104. The molecule has 3 aliphatic heterocycles. The Balaban J connectivity index is 0.000000168. The van der Waals surface area contributed by atoms with Gasteiger partial charge in [0.2, 0.25) is 18.0 Å². The zero-order valence-electron chi connectivity index (χ0n) is 21.4. The van der Waals surface area contributed by atoms with E-state index in [2.05, 4.69) is 39.2 Å². The fourth-order valence-electron chi connectivity index (χ4n) is 4.82. The van der Waals surface area contributed by atoms with E-state index in [0.29, 0.717) is 6.54 Å². The topological polar surface area (TPSA) is 99.1 Å². The predicted molar refractivity (Wildman–Crippen MR) is 143 cm³/mol. The maximum atomic E-state index is 13.1. The normalized spacial score (nSPS) is 17.0. The number of amides is 1. The number of carbonyl (C=O) groups is 2. The molecule has 6 rings (SSSR count). The van der Waals surface area contributed by atoms with Gasteiger partial charge in [-0.05, 0) is 60.6 Å². The Morgan fingerprint density at radius 2 is 1.95 bits per heavy atom. The number of pyridine rings is 1. The van der Waals surface area contributed by atoms with Crippen molar-refractivity contribution in [3.63, 3.8) is 0 Å². The molecule has 1 fully saturated rings. The largest absolute Gasteiger partial charge is 0.510 e. The predicted octanol–water partition coefficient (Wildman–Crippen LogP) is 4.50. The summed E-state index contributed by atoms with van der Waals surface area (Å²) >= 11 is 1.79. The summed E-state index contributed by atoms with van der Waals surface area (Å²) in [7, 11) is 1.16. The van der Waals surface area contributed by atoms with Crippen LogP contribution in [0.5, 0.6) is 5.75 Å². The molecule has 1 N–H and O–H groups in total. The van der Waals surface area contributed by atoms with E-state index in [-0.39, 0.29) is 29.3 Å². The Morgan fingerprint density at radius 3 is 2.79 bits per heavy atom. The Morgan fingerprint density at radius 1 is 1.10 bits per heavy atom. The van der Waals surface area contributed by atoms with Crippen LogP contribution in [0.2, 0.25) is 0 Å². The molecule has 0 saturated carbocycles. The van der Waals surface area contributed by atoms with Crippen LogP contribution < -0.4 is 15.6 Å². The Hall–Kier alpha value is -3.99. The Bertz CT molecular complexity index is 1450. The lowest BCUT2D eigenvalue weighted by Gasteiger charge is -2.41. The van der Waals surface area contributed by atoms with Gasteiger partial charge in [0, 0.05) is 29.5 Å². The van der Waals surface area contributed by atoms with E-state index < -0.39 is 18.4 Å². The second-order valence-corrected chi connectivity index (χ2v) is 10.2. The third kappa shape index (κ3) is 5.88.